The van der Waals surface area contributed by atoms with Gasteiger partial charge in [0.2, 0.25) is 0 Å². The van der Waals surface area contributed by atoms with Crippen molar-refractivity contribution in [2.45, 2.75) is 31.7 Å². The second-order valence-electron chi connectivity index (χ2n) is 3.90. The molecule has 2 rings (SSSR count). The summed E-state index contributed by atoms with van der Waals surface area (Å²) in [5.41, 5.74) is 0.637. The summed E-state index contributed by atoms with van der Waals surface area (Å²) in [6, 6.07) is 5.46. The second kappa shape index (κ2) is 5.94. The van der Waals surface area contributed by atoms with Crippen LogP contribution in [0.1, 0.15) is 31.1 Å². The van der Waals surface area contributed by atoms with E-state index in [2.05, 4.69) is 4.98 Å². The van der Waals surface area contributed by atoms with Gasteiger partial charge in [-0.25, -0.2) is 0 Å². The first-order chi connectivity index (χ1) is 7.86. The average Bonchev–Trinajstić information content (AvgIpc) is 2.38. The standard InChI is InChI=1S/C12H17NO3/c14-11(10-5-1-3-7-13-10)9-16-12-6-2-4-8-15-12/h1,3,5,7,11-12,14H,2,4,6,8-9H2. The minimum absolute atomic E-state index is 0.160. The largest absolute Gasteiger partial charge is 0.384 e. The van der Waals surface area contributed by atoms with Crippen molar-refractivity contribution in [3.8, 4) is 0 Å². The number of hydrogen-bond acceptors (Lipinski definition) is 4. The van der Waals surface area contributed by atoms with Crippen LogP contribution in [-0.2, 0) is 9.47 Å². The van der Waals surface area contributed by atoms with Gasteiger partial charge in [-0.1, -0.05) is 6.07 Å². The highest BCUT2D eigenvalue weighted by molar-refractivity contribution is 5.06. The Hall–Kier alpha value is -0.970. The summed E-state index contributed by atoms with van der Waals surface area (Å²) >= 11 is 0. The van der Waals surface area contributed by atoms with Gasteiger partial charge >= 0.3 is 0 Å². The van der Waals surface area contributed by atoms with Crippen LogP contribution in [0.25, 0.3) is 0 Å². The lowest BCUT2D eigenvalue weighted by Gasteiger charge is -2.23. The molecule has 2 unspecified atom stereocenters. The van der Waals surface area contributed by atoms with Crippen LogP contribution >= 0.6 is 0 Å². The van der Waals surface area contributed by atoms with Crippen molar-refractivity contribution in [1.29, 1.82) is 0 Å². The molecular formula is C12H17NO3. The molecule has 1 aromatic heterocycles. The van der Waals surface area contributed by atoms with Gasteiger partial charge in [0.25, 0.3) is 0 Å². The number of aliphatic hydroxyl groups excluding tert-OH is 1. The Morgan fingerprint density at radius 1 is 1.50 bits per heavy atom. The molecule has 1 saturated heterocycles. The van der Waals surface area contributed by atoms with Gasteiger partial charge in [0.15, 0.2) is 6.29 Å². The van der Waals surface area contributed by atoms with E-state index in [1.54, 1.807) is 12.3 Å². The zero-order valence-electron chi connectivity index (χ0n) is 9.21. The maximum absolute atomic E-state index is 9.81. The van der Waals surface area contributed by atoms with Gasteiger partial charge in [0.1, 0.15) is 6.10 Å². The molecule has 88 valence electrons. The molecule has 16 heavy (non-hydrogen) atoms. The number of hydrogen-bond donors (Lipinski definition) is 1. The predicted octanol–water partition coefficient (Wildman–Crippen LogP) is 1.66. The van der Waals surface area contributed by atoms with E-state index >= 15 is 0 Å². The Morgan fingerprint density at radius 3 is 3.12 bits per heavy atom. The van der Waals surface area contributed by atoms with Crippen LogP contribution in [0.3, 0.4) is 0 Å². The number of nitrogens with zero attached hydrogens (tertiary/aromatic N) is 1. The Labute approximate surface area is 95.2 Å². The molecule has 1 fully saturated rings. The van der Waals surface area contributed by atoms with E-state index in [0.717, 1.165) is 25.9 Å². The Balaban J connectivity index is 1.77. The van der Waals surface area contributed by atoms with Crippen molar-refractivity contribution in [2.75, 3.05) is 13.2 Å². The minimum atomic E-state index is -0.674. The molecule has 1 aromatic rings. The van der Waals surface area contributed by atoms with E-state index in [9.17, 15) is 5.11 Å². The summed E-state index contributed by atoms with van der Waals surface area (Å²) in [6.45, 7) is 0.992. The first-order valence-electron chi connectivity index (χ1n) is 5.68. The summed E-state index contributed by atoms with van der Waals surface area (Å²) in [4.78, 5) is 4.07. The van der Waals surface area contributed by atoms with Crippen LogP contribution in [0, 0.1) is 0 Å². The van der Waals surface area contributed by atoms with Gasteiger partial charge in [-0.3, -0.25) is 4.98 Å². The van der Waals surface area contributed by atoms with Crippen molar-refractivity contribution in [2.24, 2.45) is 0 Å². The molecule has 1 N–H and O–H groups in total. The lowest BCUT2D eigenvalue weighted by Crippen LogP contribution is -2.24. The van der Waals surface area contributed by atoms with E-state index in [0.29, 0.717) is 5.69 Å². The fourth-order valence-electron chi connectivity index (χ4n) is 1.70. The number of aromatic nitrogens is 1. The molecule has 0 radical (unpaired) electrons. The quantitative estimate of drug-likeness (QED) is 0.843. The van der Waals surface area contributed by atoms with Crippen LogP contribution in [0.5, 0.6) is 0 Å². The topological polar surface area (TPSA) is 51.6 Å². The van der Waals surface area contributed by atoms with E-state index in [-0.39, 0.29) is 12.9 Å². The van der Waals surface area contributed by atoms with Gasteiger partial charge in [0.05, 0.1) is 12.3 Å². The molecule has 2 heterocycles. The van der Waals surface area contributed by atoms with Gasteiger partial charge in [-0.2, -0.15) is 0 Å². The molecule has 1 aliphatic rings. The van der Waals surface area contributed by atoms with Crippen molar-refractivity contribution in [1.82, 2.24) is 4.98 Å². The van der Waals surface area contributed by atoms with Crippen molar-refractivity contribution in [3.63, 3.8) is 0 Å². The number of aliphatic hydroxyl groups is 1. The third-order valence-electron chi connectivity index (χ3n) is 2.61. The van der Waals surface area contributed by atoms with Gasteiger partial charge < -0.3 is 14.6 Å². The average molecular weight is 223 g/mol. The first kappa shape index (κ1) is 11.5. The Kier molecular flexibility index (Phi) is 4.27. The van der Waals surface area contributed by atoms with E-state index in [1.807, 2.05) is 12.1 Å². The molecule has 2 atom stereocenters. The normalized spacial score (nSPS) is 22.9. The maximum atomic E-state index is 9.81. The van der Waals surface area contributed by atoms with Crippen molar-refractivity contribution in [3.05, 3.63) is 30.1 Å². The summed E-state index contributed by atoms with van der Waals surface area (Å²) < 4.78 is 10.9. The Morgan fingerprint density at radius 2 is 2.44 bits per heavy atom. The number of pyridine rings is 1. The second-order valence-corrected chi connectivity index (χ2v) is 3.90. The van der Waals surface area contributed by atoms with Gasteiger partial charge in [-0.15, -0.1) is 0 Å². The van der Waals surface area contributed by atoms with Gasteiger partial charge in [0, 0.05) is 12.8 Å². The smallest absolute Gasteiger partial charge is 0.157 e. The van der Waals surface area contributed by atoms with E-state index in [4.69, 9.17) is 9.47 Å². The number of rotatable bonds is 4. The minimum Gasteiger partial charge on any atom is -0.384 e. The molecule has 0 bridgehead atoms. The fraction of sp³-hybridized carbons (Fsp3) is 0.583. The van der Waals surface area contributed by atoms with E-state index < -0.39 is 6.10 Å². The molecule has 0 spiro atoms. The number of ether oxygens (including phenoxy) is 2. The zero-order valence-corrected chi connectivity index (χ0v) is 9.21. The van der Waals surface area contributed by atoms with Crippen molar-refractivity contribution < 1.29 is 14.6 Å². The van der Waals surface area contributed by atoms with Crippen LogP contribution in [0.4, 0.5) is 0 Å². The molecule has 0 aromatic carbocycles. The molecule has 0 aliphatic carbocycles. The monoisotopic (exact) mass is 223 g/mol. The SMILES string of the molecule is OC(COC1CCCCO1)c1ccccn1. The third-order valence-corrected chi connectivity index (χ3v) is 2.61. The molecule has 0 amide bonds. The van der Waals surface area contributed by atoms with Crippen LogP contribution in [0.15, 0.2) is 24.4 Å². The maximum Gasteiger partial charge on any atom is 0.157 e. The lowest BCUT2D eigenvalue weighted by molar-refractivity contribution is -0.176. The van der Waals surface area contributed by atoms with Crippen LogP contribution < -0.4 is 0 Å². The van der Waals surface area contributed by atoms with E-state index in [1.165, 1.54) is 0 Å². The van der Waals surface area contributed by atoms with Gasteiger partial charge in [-0.05, 0) is 31.4 Å². The molecule has 4 heteroatoms. The highest BCUT2D eigenvalue weighted by atomic mass is 16.7. The summed E-state index contributed by atoms with van der Waals surface area (Å²) in [6.07, 6.45) is 3.97. The highest BCUT2D eigenvalue weighted by Gasteiger charge is 2.16. The molecule has 0 saturated carbocycles. The highest BCUT2D eigenvalue weighted by Crippen LogP contribution is 2.16. The predicted molar refractivity (Wildman–Crippen MR) is 58.7 cm³/mol. The summed E-state index contributed by atoms with van der Waals surface area (Å²) in [5, 5.41) is 9.81. The molecule has 4 nitrogen and oxygen atoms in total. The summed E-state index contributed by atoms with van der Waals surface area (Å²) in [7, 11) is 0. The fourth-order valence-corrected chi connectivity index (χ4v) is 1.70. The molecule has 1 aliphatic heterocycles. The van der Waals surface area contributed by atoms with Crippen molar-refractivity contribution >= 4 is 0 Å². The van der Waals surface area contributed by atoms with Crippen LogP contribution in [-0.4, -0.2) is 29.6 Å². The first-order valence-corrected chi connectivity index (χ1v) is 5.68. The third kappa shape index (κ3) is 3.27. The molecular weight excluding hydrogens is 206 g/mol. The summed E-state index contributed by atoms with van der Waals surface area (Å²) in [5.74, 6) is 0. The van der Waals surface area contributed by atoms with Crippen LogP contribution in [0.2, 0.25) is 0 Å². The lowest BCUT2D eigenvalue weighted by atomic mass is 10.2. The zero-order chi connectivity index (χ0) is 11.2. The Bertz CT molecular complexity index is 298.